The van der Waals surface area contributed by atoms with E-state index in [1.54, 1.807) is 0 Å². The highest BCUT2D eigenvalue weighted by molar-refractivity contribution is 14.1. The van der Waals surface area contributed by atoms with Gasteiger partial charge in [-0.1, -0.05) is 35.9 Å². The van der Waals surface area contributed by atoms with Crippen molar-refractivity contribution in [2.45, 2.75) is 55.8 Å². The quantitative estimate of drug-likeness (QED) is 0.561. The Morgan fingerprint density at radius 1 is 1.22 bits per heavy atom. The highest BCUT2D eigenvalue weighted by Crippen LogP contribution is 2.30. The van der Waals surface area contributed by atoms with E-state index in [9.17, 15) is 4.79 Å². The number of hydrogen-bond donors (Lipinski definition) is 0. The van der Waals surface area contributed by atoms with Crippen LogP contribution in [0.5, 0.6) is 0 Å². The van der Waals surface area contributed by atoms with Gasteiger partial charge in [-0.05, 0) is 51.0 Å². The number of alkyl halides is 1. The molecule has 2 rings (SSSR count). The van der Waals surface area contributed by atoms with Crippen molar-refractivity contribution >= 4 is 28.4 Å². The molecule has 1 unspecified atom stereocenters. The number of ketones is 1. The van der Waals surface area contributed by atoms with Crippen molar-refractivity contribution in [1.29, 1.82) is 0 Å². The first-order valence-corrected chi connectivity index (χ1v) is 8.82. The van der Waals surface area contributed by atoms with Gasteiger partial charge in [-0.3, -0.25) is 9.69 Å². The van der Waals surface area contributed by atoms with E-state index in [1.807, 2.05) is 0 Å². The average Bonchev–Trinajstić information content (AvgIpc) is 2.39. The number of hydrogen-bond acceptors (Lipinski definition) is 2. The Morgan fingerprint density at radius 3 is 2.61 bits per heavy atom. The molecule has 0 aromatic heterocycles. The first kappa shape index (κ1) is 14.8. The summed E-state index contributed by atoms with van der Waals surface area (Å²) in [4.78, 5) is 14.7. The number of likely N-dealkylation sites (tertiary alicyclic amines) is 1. The molecule has 104 valence electrons. The zero-order valence-corrected chi connectivity index (χ0v) is 13.7. The smallest absolute Gasteiger partial charge is 0.149 e. The summed E-state index contributed by atoms with van der Waals surface area (Å²) < 4.78 is 0.811. The van der Waals surface area contributed by atoms with Crippen molar-refractivity contribution in [1.82, 2.24) is 4.90 Å². The van der Waals surface area contributed by atoms with Gasteiger partial charge in [0.25, 0.3) is 0 Å². The van der Waals surface area contributed by atoms with Gasteiger partial charge in [0, 0.05) is 16.4 Å². The molecule has 1 heterocycles. The van der Waals surface area contributed by atoms with Crippen LogP contribution < -0.4 is 0 Å². The maximum absolute atomic E-state index is 12.3. The molecule has 0 radical (unpaired) electrons. The van der Waals surface area contributed by atoms with Gasteiger partial charge in [-0.2, -0.15) is 0 Å². The highest BCUT2D eigenvalue weighted by atomic mass is 127. The van der Waals surface area contributed by atoms with E-state index in [2.05, 4.69) is 34.4 Å². The van der Waals surface area contributed by atoms with Gasteiger partial charge in [0.15, 0.2) is 0 Å². The van der Waals surface area contributed by atoms with Gasteiger partial charge in [0.2, 0.25) is 0 Å². The Morgan fingerprint density at radius 2 is 1.94 bits per heavy atom. The number of piperidine rings is 1. The number of nitrogens with zero attached hydrogens (tertiary/aromatic N) is 1. The van der Waals surface area contributed by atoms with Crippen LogP contribution in [0.1, 0.15) is 51.9 Å². The minimum absolute atomic E-state index is 0.373. The monoisotopic (exact) mass is 363 g/mol. The second-order valence-electron chi connectivity index (χ2n) is 6.07. The predicted molar refractivity (Wildman–Crippen MR) is 84.2 cm³/mol. The summed E-state index contributed by atoms with van der Waals surface area (Å²) in [6.45, 7) is 5.30. The maximum atomic E-state index is 12.3. The fourth-order valence-corrected chi connectivity index (χ4v) is 4.07. The number of carbonyl (C=O) groups is 1. The molecule has 0 bridgehead atoms. The van der Waals surface area contributed by atoms with Gasteiger partial charge in [0.05, 0.1) is 6.54 Å². The third kappa shape index (κ3) is 4.19. The molecule has 3 heteroatoms. The molecule has 0 amide bonds. The van der Waals surface area contributed by atoms with Crippen molar-refractivity contribution in [2.75, 3.05) is 19.6 Å². The lowest BCUT2D eigenvalue weighted by atomic mass is 9.85. The summed E-state index contributed by atoms with van der Waals surface area (Å²) >= 11 is 2.53. The molecule has 0 spiro atoms. The summed E-state index contributed by atoms with van der Waals surface area (Å²) in [6, 6.07) is 0. The molecule has 0 aromatic rings. The molecule has 18 heavy (non-hydrogen) atoms. The first-order chi connectivity index (χ1) is 8.69. The fraction of sp³-hybridized carbons (Fsp3) is 0.933. The molecule has 1 atom stereocenters. The molecule has 1 aliphatic carbocycles. The zero-order valence-electron chi connectivity index (χ0n) is 11.5. The van der Waals surface area contributed by atoms with E-state index >= 15 is 0 Å². The van der Waals surface area contributed by atoms with E-state index in [1.165, 1.54) is 32.1 Å². The van der Waals surface area contributed by atoms with Crippen LogP contribution in [0.15, 0.2) is 0 Å². The summed E-state index contributed by atoms with van der Waals surface area (Å²) in [5, 5.41) is 0. The molecule has 1 saturated carbocycles. The van der Waals surface area contributed by atoms with Crippen LogP contribution in [-0.4, -0.2) is 34.2 Å². The lowest BCUT2D eigenvalue weighted by Gasteiger charge is -2.33. The molecule has 2 aliphatic rings. The Bertz CT molecular complexity index is 274. The minimum Gasteiger partial charge on any atom is -0.298 e. The van der Waals surface area contributed by atoms with E-state index < -0.39 is 0 Å². The third-order valence-corrected chi connectivity index (χ3v) is 5.92. The second-order valence-corrected chi connectivity index (χ2v) is 7.83. The maximum Gasteiger partial charge on any atom is 0.149 e. The SMILES string of the molecule is CCC1CCCN(CC(=O)C2CCC(I)CC2)C1. The van der Waals surface area contributed by atoms with Crippen molar-refractivity contribution in [3.05, 3.63) is 0 Å². The number of halogens is 1. The van der Waals surface area contributed by atoms with Gasteiger partial charge in [0.1, 0.15) is 5.78 Å². The van der Waals surface area contributed by atoms with E-state index in [-0.39, 0.29) is 0 Å². The molecule has 1 saturated heterocycles. The van der Waals surface area contributed by atoms with E-state index in [4.69, 9.17) is 0 Å². The van der Waals surface area contributed by atoms with Gasteiger partial charge >= 0.3 is 0 Å². The van der Waals surface area contributed by atoms with Crippen molar-refractivity contribution in [2.24, 2.45) is 11.8 Å². The van der Waals surface area contributed by atoms with Gasteiger partial charge in [-0.25, -0.2) is 0 Å². The largest absolute Gasteiger partial charge is 0.298 e. The lowest BCUT2D eigenvalue weighted by Crippen LogP contribution is -2.40. The Labute approximate surface area is 125 Å². The lowest BCUT2D eigenvalue weighted by molar-refractivity contribution is -0.125. The number of rotatable bonds is 4. The highest BCUT2D eigenvalue weighted by Gasteiger charge is 2.27. The average molecular weight is 363 g/mol. The molecule has 0 N–H and O–H groups in total. The topological polar surface area (TPSA) is 20.3 Å². The standard InChI is InChI=1S/C15H26INO/c1-2-12-4-3-9-17(10-12)11-15(18)13-5-7-14(16)8-6-13/h12-14H,2-11H2,1H3. The fourth-order valence-electron chi connectivity index (χ4n) is 3.35. The predicted octanol–water partition coefficient (Wildman–Crippen LogP) is 3.67. The first-order valence-electron chi connectivity index (χ1n) is 7.58. The van der Waals surface area contributed by atoms with Crippen LogP contribution in [-0.2, 0) is 4.79 Å². The molecule has 1 aliphatic heterocycles. The van der Waals surface area contributed by atoms with Gasteiger partial charge in [-0.15, -0.1) is 0 Å². The van der Waals surface area contributed by atoms with E-state index in [0.29, 0.717) is 11.7 Å². The third-order valence-electron chi connectivity index (χ3n) is 4.67. The summed E-state index contributed by atoms with van der Waals surface area (Å²) in [5.74, 6) is 1.73. The Balaban J connectivity index is 1.76. The van der Waals surface area contributed by atoms with Crippen molar-refractivity contribution in [3.8, 4) is 0 Å². The van der Waals surface area contributed by atoms with Gasteiger partial charge < -0.3 is 0 Å². The van der Waals surface area contributed by atoms with Crippen LogP contribution in [0, 0.1) is 11.8 Å². The van der Waals surface area contributed by atoms with Crippen molar-refractivity contribution < 1.29 is 4.79 Å². The molecule has 2 nitrogen and oxygen atoms in total. The molecule has 0 aromatic carbocycles. The van der Waals surface area contributed by atoms with Crippen LogP contribution in [0.2, 0.25) is 0 Å². The summed E-state index contributed by atoms with van der Waals surface area (Å²) in [5.41, 5.74) is 0. The number of Topliss-reactive ketones (excluding diaryl/α,β-unsaturated/α-hetero) is 1. The van der Waals surface area contributed by atoms with Crippen LogP contribution in [0.3, 0.4) is 0 Å². The van der Waals surface area contributed by atoms with E-state index in [0.717, 1.165) is 42.3 Å². The second kappa shape index (κ2) is 7.22. The number of carbonyl (C=O) groups excluding carboxylic acids is 1. The molecular weight excluding hydrogens is 337 g/mol. The summed E-state index contributed by atoms with van der Waals surface area (Å²) in [6.07, 6.45) is 8.68. The van der Waals surface area contributed by atoms with Crippen molar-refractivity contribution in [3.63, 3.8) is 0 Å². The van der Waals surface area contributed by atoms with Crippen LogP contribution in [0.4, 0.5) is 0 Å². The Hall–Kier alpha value is 0.360. The molecular formula is C15H26INO. The zero-order chi connectivity index (χ0) is 13.0. The van der Waals surface area contributed by atoms with Crippen LogP contribution in [0.25, 0.3) is 0 Å². The molecule has 2 fully saturated rings. The minimum atomic E-state index is 0.373. The Kier molecular flexibility index (Phi) is 5.93. The van der Waals surface area contributed by atoms with Crippen LogP contribution >= 0.6 is 22.6 Å². The summed E-state index contributed by atoms with van der Waals surface area (Å²) in [7, 11) is 0. The normalized spacial score (nSPS) is 34.4.